The number of rotatable bonds is 8. The first-order valence-corrected chi connectivity index (χ1v) is 8.74. The molecule has 0 heterocycles. The minimum atomic E-state index is -3.47. The van der Waals surface area contributed by atoms with Crippen molar-refractivity contribution in [2.45, 2.75) is 70.4 Å². The molecule has 0 aromatic rings. The number of hydrogen-bond acceptors (Lipinski definition) is 3. The van der Waals surface area contributed by atoms with E-state index in [0.29, 0.717) is 12.8 Å². The molecule has 1 rings (SSSR count). The summed E-state index contributed by atoms with van der Waals surface area (Å²) in [6.07, 6.45) is 6.27. The van der Waals surface area contributed by atoms with Gasteiger partial charge in [0.25, 0.3) is 10.2 Å². The zero-order chi connectivity index (χ0) is 15.2. The van der Waals surface area contributed by atoms with E-state index >= 15 is 0 Å². The van der Waals surface area contributed by atoms with Crippen LogP contribution in [0.1, 0.15) is 58.3 Å². The molecule has 1 aliphatic carbocycles. The highest BCUT2D eigenvalue weighted by Crippen LogP contribution is 2.23. The van der Waals surface area contributed by atoms with Gasteiger partial charge in [0.2, 0.25) is 0 Å². The lowest BCUT2D eigenvalue weighted by atomic mass is 9.96. The number of carboxylic acid groups (broad SMARTS) is 1. The molecule has 1 unspecified atom stereocenters. The largest absolute Gasteiger partial charge is 0.481 e. The van der Waals surface area contributed by atoms with Gasteiger partial charge in [0.05, 0.1) is 0 Å². The van der Waals surface area contributed by atoms with E-state index in [1.807, 2.05) is 0 Å². The van der Waals surface area contributed by atoms with Crippen LogP contribution in [0.5, 0.6) is 0 Å². The van der Waals surface area contributed by atoms with Gasteiger partial charge in [-0.1, -0.05) is 19.3 Å². The average molecular weight is 306 g/mol. The number of carbonyl (C=O) groups is 1. The Bertz CT molecular complexity index is 405. The van der Waals surface area contributed by atoms with Crippen molar-refractivity contribution in [3.8, 4) is 0 Å². The smallest absolute Gasteiger partial charge is 0.303 e. The molecule has 0 aliphatic heterocycles. The maximum atomic E-state index is 12.2. The van der Waals surface area contributed by atoms with Crippen LogP contribution < -0.4 is 4.72 Å². The lowest BCUT2D eigenvalue weighted by Gasteiger charge is -2.31. The van der Waals surface area contributed by atoms with Crippen molar-refractivity contribution in [2.75, 3.05) is 7.05 Å². The number of carboxylic acids is 1. The van der Waals surface area contributed by atoms with E-state index in [9.17, 15) is 13.2 Å². The summed E-state index contributed by atoms with van der Waals surface area (Å²) in [4.78, 5) is 10.4. The zero-order valence-corrected chi connectivity index (χ0v) is 13.2. The molecule has 0 spiro atoms. The van der Waals surface area contributed by atoms with Crippen LogP contribution in [0.25, 0.3) is 0 Å². The molecule has 118 valence electrons. The summed E-state index contributed by atoms with van der Waals surface area (Å²) in [5.74, 6) is -0.848. The quantitative estimate of drug-likeness (QED) is 0.715. The van der Waals surface area contributed by atoms with Crippen LogP contribution in [-0.4, -0.2) is 42.9 Å². The highest BCUT2D eigenvalue weighted by atomic mass is 32.2. The second kappa shape index (κ2) is 7.95. The maximum Gasteiger partial charge on any atom is 0.303 e. The van der Waals surface area contributed by atoms with Crippen LogP contribution in [0.4, 0.5) is 0 Å². The van der Waals surface area contributed by atoms with Crippen LogP contribution >= 0.6 is 0 Å². The first-order valence-electron chi connectivity index (χ1n) is 7.30. The number of aliphatic carboxylic acids is 1. The molecule has 0 aromatic carbocycles. The van der Waals surface area contributed by atoms with Gasteiger partial charge in [-0.3, -0.25) is 4.79 Å². The van der Waals surface area contributed by atoms with Gasteiger partial charge < -0.3 is 5.11 Å². The normalized spacial score (nSPS) is 19.1. The Labute approximate surface area is 121 Å². The Kier molecular flexibility index (Phi) is 6.91. The Morgan fingerprint density at radius 1 is 1.35 bits per heavy atom. The van der Waals surface area contributed by atoms with Crippen molar-refractivity contribution in [1.82, 2.24) is 9.03 Å². The molecule has 0 aromatic heterocycles. The van der Waals surface area contributed by atoms with E-state index in [0.717, 1.165) is 25.7 Å². The Morgan fingerprint density at radius 2 is 1.95 bits per heavy atom. The van der Waals surface area contributed by atoms with Crippen molar-refractivity contribution in [1.29, 1.82) is 0 Å². The van der Waals surface area contributed by atoms with Crippen LogP contribution in [0.15, 0.2) is 0 Å². The third kappa shape index (κ3) is 5.76. The van der Waals surface area contributed by atoms with Crippen molar-refractivity contribution < 1.29 is 18.3 Å². The fraction of sp³-hybridized carbons (Fsp3) is 0.923. The van der Waals surface area contributed by atoms with Crippen LogP contribution in [-0.2, 0) is 15.0 Å². The van der Waals surface area contributed by atoms with Gasteiger partial charge >= 0.3 is 5.97 Å². The lowest BCUT2D eigenvalue weighted by molar-refractivity contribution is -0.137. The standard InChI is InChI=1S/C13H26N2O4S/c1-11(7-6-10-13(16)17)14-20(18,19)15(2)12-8-4-3-5-9-12/h11-12,14H,3-10H2,1-2H3,(H,16,17). The molecule has 1 atom stereocenters. The first kappa shape index (κ1) is 17.4. The van der Waals surface area contributed by atoms with Crippen LogP contribution in [0.3, 0.4) is 0 Å². The highest BCUT2D eigenvalue weighted by Gasteiger charge is 2.28. The predicted octanol–water partition coefficient (Wildman–Crippen LogP) is 1.73. The molecular formula is C13H26N2O4S. The molecule has 1 saturated carbocycles. The minimum absolute atomic E-state index is 0.0739. The predicted molar refractivity (Wildman–Crippen MR) is 77.6 cm³/mol. The molecule has 0 amide bonds. The highest BCUT2D eigenvalue weighted by molar-refractivity contribution is 7.87. The number of nitrogens with one attached hydrogen (secondary N) is 1. The second-order valence-electron chi connectivity index (χ2n) is 5.62. The van der Waals surface area contributed by atoms with Gasteiger partial charge in [0.1, 0.15) is 0 Å². The maximum absolute atomic E-state index is 12.2. The van der Waals surface area contributed by atoms with E-state index < -0.39 is 16.2 Å². The van der Waals surface area contributed by atoms with E-state index in [2.05, 4.69) is 4.72 Å². The van der Waals surface area contributed by atoms with Gasteiger partial charge in [0.15, 0.2) is 0 Å². The van der Waals surface area contributed by atoms with Crippen molar-refractivity contribution in [3.63, 3.8) is 0 Å². The van der Waals surface area contributed by atoms with E-state index in [-0.39, 0.29) is 18.5 Å². The second-order valence-corrected chi connectivity index (χ2v) is 7.38. The number of nitrogens with zero attached hydrogens (tertiary/aromatic N) is 1. The monoisotopic (exact) mass is 306 g/mol. The van der Waals surface area contributed by atoms with Crippen molar-refractivity contribution in [2.24, 2.45) is 0 Å². The summed E-state index contributed by atoms with van der Waals surface area (Å²) >= 11 is 0. The topological polar surface area (TPSA) is 86.7 Å². The van der Waals surface area contributed by atoms with Crippen LogP contribution in [0.2, 0.25) is 0 Å². The van der Waals surface area contributed by atoms with Gasteiger partial charge in [-0.05, 0) is 32.6 Å². The van der Waals surface area contributed by atoms with Crippen molar-refractivity contribution in [3.05, 3.63) is 0 Å². The Hall–Kier alpha value is -0.660. The molecule has 20 heavy (non-hydrogen) atoms. The third-order valence-corrected chi connectivity index (χ3v) is 5.60. The summed E-state index contributed by atoms with van der Waals surface area (Å²) in [7, 11) is -1.85. The van der Waals surface area contributed by atoms with E-state index in [4.69, 9.17) is 5.11 Å². The van der Waals surface area contributed by atoms with Crippen LogP contribution in [0, 0.1) is 0 Å². The third-order valence-electron chi connectivity index (χ3n) is 3.85. The summed E-state index contributed by atoms with van der Waals surface area (Å²) < 4.78 is 28.5. The molecule has 7 heteroatoms. The number of hydrogen-bond donors (Lipinski definition) is 2. The molecule has 2 N–H and O–H groups in total. The van der Waals surface area contributed by atoms with Crippen molar-refractivity contribution >= 4 is 16.2 Å². The summed E-state index contributed by atoms with van der Waals surface area (Å²) in [6, 6.07) is -0.155. The molecule has 6 nitrogen and oxygen atoms in total. The zero-order valence-electron chi connectivity index (χ0n) is 12.3. The van der Waals surface area contributed by atoms with Gasteiger partial charge in [-0.15, -0.1) is 0 Å². The van der Waals surface area contributed by atoms with E-state index in [1.165, 1.54) is 10.7 Å². The Balaban J connectivity index is 2.44. The van der Waals surface area contributed by atoms with Gasteiger partial charge in [-0.2, -0.15) is 17.4 Å². The van der Waals surface area contributed by atoms with E-state index in [1.54, 1.807) is 14.0 Å². The fourth-order valence-corrected chi connectivity index (χ4v) is 3.99. The molecule has 1 fully saturated rings. The minimum Gasteiger partial charge on any atom is -0.481 e. The first-order chi connectivity index (χ1) is 9.33. The van der Waals surface area contributed by atoms with Gasteiger partial charge in [0, 0.05) is 25.6 Å². The molecule has 0 radical (unpaired) electrons. The summed E-state index contributed by atoms with van der Waals surface area (Å²) in [5, 5.41) is 8.57. The molecule has 0 bridgehead atoms. The fourth-order valence-electron chi connectivity index (χ4n) is 2.60. The lowest BCUT2D eigenvalue weighted by Crippen LogP contribution is -2.47. The summed E-state index contributed by atoms with van der Waals surface area (Å²) in [6.45, 7) is 1.77. The molecular weight excluding hydrogens is 280 g/mol. The summed E-state index contributed by atoms with van der Waals surface area (Å²) in [5.41, 5.74) is 0. The Morgan fingerprint density at radius 3 is 2.50 bits per heavy atom. The molecule has 0 saturated heterocycles. The average Bonchev–Trinajstić information content (AvgIpc) is 2.37. The SMILES string of the molecule is CC(CCCC(=O)O)NS(=O)(=O)N(C)C1CCCCC1. The molecule has 1 aliphatic rings. The van der Waals surface area contributed by atoms with Gasteiger partial charge in [-0.25, -0.2) is 0 Å².